The molecule has 0 aromatic heterocycles. The van der Waals surface area contributed by atoms with Gasteiger partial charge in [0.05, 0.1) is 18.2 Å². The van der Waals surface area contributed by atoms with E-state index in [1.54, 1.807) is 24.3 Å². The first-order chi connectivity index (χ1) is 9.01. The number of nitriles is 2. The van der Waals surface area contributed by atoms with Crippen molar-refractivity contribution in [2.75, 3.05) is 7.11 Å². The summed E-state index contributed by atoms with van der Waals surface area (Å²) in [5, 5.41) is 17.8. The minimum atomic E-state index is -0.0402. The van der Waals surface area contributed by atoms with E-state index in [1.165, 1.54) is 13.2 Å². The standard InChI is InChI=1S/C14H13ClN2O2/c1-9(2)19-14-12(15)5-10(6-13(14)18-3)4-11(7-16)8-17/h4-6,9H,1-3H3. The molecule has 0 atom stereocenters. The molecule has 0 aliphatic heterocycles. The zero-order chi connectivity index (χ0) is 14.4. The third-order valence-electron chi connectivity index (χ3n) is 2.16. The van der Waals surface area contributed by atoms with Gasteiger partial charge in [-0.1, -0.05) is 11.6 Å². The number of nitrogens with zero attached hydrogens (tertiary/aromatic N) is 2. The second-order valence-electron chi connectivity index (χ2n) is 3.98. The Morgan fingerprint density at radius 2 is 1.95 bits per heavy atom. The molecular weight excluding hydrogens is 264 g/mol. The van der Waals surface area contributed by atoms with Crippen LogP contribution in [0.3, 0.4) is 0 Å². The van der Waals surface area contributed by atoms with Gasteiger partial charge in [-0.3, -0.25) is 0 Å². The summed E-state index contributed by atoms with van der Waals surface area (Å²) in [5.74, 6) is 0.912. The van der Waals surface area contributed by atoms with Crippen molar-refractivity contribution in [3.8, 4) is 23.6 Å². The number of hydrogen-bond donors (Lipinski definition) is 0. The Bertz CT molecular complexity index is 564. The molecule has 19 heavy (non-hydrogen) atoms. The maximum atomic E-state index is 8.73. The highest BCUT2D eigenvalue weighted by Gasteiger charge is 2.13. The maximum Gasteiger partial charge on any atom is 0.180 e. The van der Waals surface area contributed by atoms with Gasteiger partial charge in [0.2, 0.25) is 0 Å². The van der Waals surface area contributed by atoms with Crippen LogP contribution in [0.1, 0.15) is 19.4 Å². The van der Waals surface area contributed by atoms with Gasteiger partial charge < -0.3 is 9.47 Å². The smallest absolute Gasteiger partial charge is 0.180 e. The van der Waals surface area contributed by atoms with Gasteiger partial charge >= 0.3 is 0 Å². The van der Waals surface area contributed by atoms with Crippen LogP contribution in [0.5, 0.6) is 11.5 Å². The molecule has 1 rings (SSSR count). The summed E-state index contributed by atoms with van der Waals surface area (Å²) < 4.78 is 10.8. The molecule has 0 aliphatic rings. The van der Waals surface area contributed by atoms with Crippen LogP contribution in [0.4, 0.5) is 0 Å². The number of methoxy groups -OCH3 is 1. The number of ether oxygens (including phenoxy) is 2. The summed E-state index contributed by atoms with van der Waals surface area (Å²) in [6, 6.07) is 6.86. The Labute approximate surface area is 117 Å². The van der Waals surface area contributed by atoms with Gasteiger partial charge in [-0.15, -0.1) is 0 Å². The van der Waals surface area contributed by atoms with E-state index in [-0.39, 0.29) is 11.7 Å². The summed E-state index contributed by atoms with van der Waals surface area (Å²) >= 11 is 6.13. The van der Waals surface area contributed by atoms with Crippen molar-refractivity contribution >= 4 is 17.7 Å². The topological polar surface area (TPSA) is 66.0 Å². The summed E-state index contributed by atoms with van der Waals surface area (Å²) in [7, 11) is 1.50. The summed E-state index contributed by atoms with van der Waals surface area (Å²) in [6.07, 6.45) is 1.40. The maximum absolute atomic E-state index is 8.73. The molecule has 98 valence electrons. The van der Waals surface area contributed by atoms with Crippen LogP contribution < -0.4 is 9.47 Å². The van der Waals surface area contributed by atoms with Gasteiger partial charge in [-0.2, -0.15) is 10.5 Å². The van der Waals surface area contributed by atoms with Crippen molar-refractivity contribution in [1.29, 1.82) is 10.5 Å². The van der Waals surface area contributed by atoms with E-state index in [2.05, 4.69) is 0 Å². The minimum Gasteiger partial charge on any atom is -0.493 e. The van der Waals surface area contributed by atoms with Crippen molar-refractivity contribution in [3.63, 3.8) is 0 Å². The van der Waals surface area contributed by atoms with E-state index < -0.39 is 0 Å². The first-order valence-electron chi connectivity index (χ1n) is 5.58. The molecule has 0 saturated heterocycles. The lowest BCUT2D eigenvalue weighted by atomic mass is 10.1. The molecule has 0 aliphatic carbocycles. The second kappa shape index (κ2) is 6.68. The predicted molar refractivity (Wildman–Crippen MR) is 73.0 cm³/mol. The van der Waals surface area contributed by atoms with Crippen molar-refractivity contribution < 1.29 is 9.47 Å². The highest BCUT2D eigenvalue weighted by atomic mass is 35.5. The lowest BCUT2D eigenvalue weighted by Crippen LogP contribution is -2.07. The monoisotopic (exact) mass is 276 g/mol. The Morgan fingerprint density at radius 1 is 1.32 bits per heavy atom. The van der Waals surface area contributed by atoms with E-state index >= 15 is 0 Å². The van der Waals surface area contributed by atoms with Gasteiger partial charge in [-0.05, 0) is 37.6 Å². The lowest BCUT2D eigenvalue weighted by Gasteiger charge is -2.15. The van der Waals surface area contributed by atoms with E-state index in [1.807, 2.05) is 13.8 Å². The Balaban J connectivity index is 3.29. The lowest BCUT2D eigenvalue weighted by molar-refractivity contribution is 0.230. The first kappa shape index (κ1) is 14.9. The minimum absolute atomic E-state index is 0.00403. The van der Waals surface area contributed by atoms with E-state index in [9.17, 15) is 0 Å². The molecule has 0 heterocycles. The average Bonchev–Trinajstić information content (AvgIpc) is 2.38. The Kier molecular flexibility index (Phi) is 5.23. The summed E-state index contributed by atoms with van der Waals surface area (Å²) in [4.78, 5) is 0. The highest BCUT2D eigenvalue weighted by molar-refractivity contribution is 6.32. The van der Waals surface area contributed by atoms with Crippen LogP contribution >= 0.6 is 11.6 Å². The second-order valence-corrected chi connectivity index (χ2v) is 4.39. The van der Waals surface area contributed by atoms with Crippen LogP contribution in [0.25, 0.3) is 6.08 Å². The number of halogens is 1. The number of rotatable bonds is 4. The quantitative estimate of drug-likeness (QED) is 0.789. The molecule has 1 aromatic rings. The van der Waals surface area contributed by atoms with Gasteiger partial charge in [-0.25, -0.2) is 0 Å². The summed E-state index contributed by atoms with van der Waals surface area (Å²) in [5.41, 5.74) is 0.603. The van der Waals surface area contributed by atoms with Gasteiger partial charge in [0.15, 0.2) is 11.5 Å². The average molecular weight is 277 g/mol. The van der Waals surface area contributed by atoms with Crippen LogP contribution in [0, 0.1) is 22.7 Å². The molecule has 1 aromatic carbocycles. The molecule has 0 fully saturated rings. The fraction of sp³-hybridized carbons (Fsp3) is 0.286. The van der Waals surface area contributed by atoms with Crippen molar-refractivity contribution in [1.82, 2.24) is 0 Å². The van der Waals surface area contributed by atoms with E-state index in [0.29, 0.717) is 22.1 Å². The zero-order valence-corrected chi connectivity index (χ0v) is 11.7. The molecule has 0 N–H and O–H groups in total. The van der Waals surface area contributed by atoms with Gasteiger partial charge in [0.1, 0.15) is 17.7 Å². The van der Waals surface area contributed by atoms with Crippen molar-refractivity contribution in [2.24, 2.45) is 0 Å². The molecule has 0 amide bonds. The zero-order valence-electron chi connectivity index (χ0n) is 10.9. The van der Waals surface area contributed by atoms with Gasteiger partial charge in [0.25, 0.3) is 0 Å². The van der Waals surface area contributed by atoms with Crippen LogP contribution in [-0.2, 0) is 0 Å². The van der Waals surface area contributed by atoms with Gasteiger partial charge in [0, 0.05) is 0 Å². The van der Waals surface area contributed by atoms with E-state index in [0.717, 1.165) is 0 Å². The molecular formula is C14H13ClN2O2. The van der Waals surface area contributed by atoms with Crippen molar-refractivity contribution in [3.05, 3.63) is 28.3 Å². The summed E-state index contributed by atoms with van der Waals surface area (Å²) in [6.45, 7) is 3.76. The molecule has 0 bridgehead atoms. The molecule has 0 unspecified atom stereocenters. The molecule has 0 saturated carbocycles. The molecule has 5 heteroatoms. The molecule has 0 radical (unpaired) electrons. The molecule has 0 spiro atoms. The first-order valence-corrected chi connectivity index (χ1v) is 5.95. The fourth-order valence-corrected chi connectivity index (χ4v) is 1.69. The SMILES string of the molecule is COc1cc(C=C(C#N)C#N)cc(Cl)c1OC(C)C. The number of allylic oxidation sites excluding steroid dienone is 1. The van der Waals surface area contributed by atoms with Crippen molar-refractivity contribution in [2.45, 2.75) is 20.0 Å². The Morgan fingerprint density at radius 3 is 2.42 bits per heavy atom. The molecule has 4 nitrogen and oxygen atoms in total. The number of hydrogen-bond acceptors (Lipinski definition) is 4. The van der Waals surface area contributed by atoms with Crippen LogP contribution in [0.15, 0.2) is 17.7 Å². The normalized spacial score (nSPS) is 9.42. The highest BCUT2D eigenvalue weighted by Crippen LogP contribution is 2.37. The third-order valence-corrected chi connectivity index (χ3v) is 2.44. The van der Waals surface area contributed by atoms with E-state index in [4.69, 9.17) is 31.6 Å². The Hall–Kier alpha value is -2.17. The predicted octanol–water partition coefficient (Wildman–Crippen LogP) is 3.57. The largest absolute Gasteiger partial charge is 0.493 e. The third kappa shape index (κ3) is 3.91. The fourth-order valence-electron chi connectivity index (χ4n) is 1.43. The van der Waals surface area contributed by atoms with Crippen LogP contribution in [0.2, 0.25) is 5.02 Å². The van der Waals surface area contributed by atoms with Crippen LogP contribution in [-0.4, -0.2) is 13.2 Å². The number of benzene rings is 1.